The summed E-state index contributed by atoms with van der Waals surface area (Å²) in [6.45, 7) is 1.88. The number of nitrogens with zero attached hydrogens (tertiary/aromatic N) is 1. The lowest BCUT2D eigenvalue weighted by Crippen LogP contribution is -2.28. The Morgan fingerprint density at radius 1 is 1.24 bits per heavy atom. The molecule has 0 radical (unpaired) electrons. The summed E-state index contributed by atoms with van der Waals surface area (Å²) in [5.41, 5.74) is 1.39. The summed E-state index contributed by atoms with van der Waals surface area (Å²) in [5.74, 6) is -0.222. The fraction of sp³-hybridized carbons (Fsp3) is 0.278. The Balaban J connectivity index is 1.97. The first-order chi connectivity index (χ1) is 12.0. The number of carbonyl (C=O) groups excluding carboxylic acids is 2. The molecule has 25 heavy (non-hydrogen) atoms. The van der Waals surface area contributed by atoms with Crippen LogP contribution >= 0.6 is 0 Å². The van der Waals surface area contributed by atoms with Crippen molar-refractivity contribution < 1.29 is 23.8 Å². The molecule has 1 aromatic heterocycles. The number of rotatable bonds is 7. The van der Waals surface area contributed by atoms with Crippen molar-refractivity contribution >= 4 is 17.6 Å². The predicted molar refractivity (Wildman–Crippen MR) is 91.5 cm³/mol. The molecular weight excluding hydrogens is 324 g/mol. The lowest BCUT2D eigenvalue weighted by atomic mass is 10.2. The number of methoxy groups -OCH3 is 2. The van der Waals surface area contributed by atoms with Crippen molar-refractivity contribution in [1.29, 1.82) is 0 Å². The van der Waals surface area contributed by atoms with Gasteiger partial charge in [-0.05, 0) is 30.7 Å². The van der Waals surface area contributed by atoms with Crippen LogP contribution in [0.3, 0.4) is 0 Å². The molecule has 1 N–H and O–H groups in total. The summed E-state index contributed by atoms with van der Waals surface area (Å²) in [5, 5.41) is 2.63. The largest absolute Gasteiger partial charge is 0.497 e. The maximum atomic E-state index is 12.3. The van der Waals surface area contributed by atoms with Crippen molar-refractivity contribution in [2.45, 2.75) is 19.6 Å². The number of carbonyl (C=O) groups is 2. The van der Waals surface area contributed by atoms with Crippen molar-refractivity contribution in [3.8, 4) is 5.75 Å². The number of anilines is 1. The van der Waals surface area contributed by atoms with Gasteiger partial charge in [0.05, 0.1) is 38.3 Å². The summed E-state index contributed by atoms with van der Waals surface area (Å²) in [4.78, 5) is 27.9. The molecule has 0 aliphatic heterocycles. The average Bonchev–Trinajstić information content (AvgIpc) is 2.66. The van der Waals surface area contributed by atoms with Crippen LogP contribution in [0.4, 0.5) is 5.69 Å². The molecule has 0 bridgehead atoms. The fourth-order valence-electron chi connectivity index (χ4n) is 2.08. The quantitative estimate of drug-likeness (QED) is 0.776. The van der Waals surface area contributed by atoms with Crippen LogP contribution in [0, 0.1) is 0 Å². The molecule has 7 heteroatoms. The highest BCUT2D eigenvalue weighted by molar-refractivity contribution is 6.02. The minimum atomic E-state index is -0.725. The Labute approximate surface area is 145 Å². The first-order valence-electron chi connectivity index (χ1n) is 7.63. The van der Waals surface area contributed by atoms with E-state index in [1.165, 1.54) is 25.6 Å². The third-order valence-electron chi connectivity index (χ3n) is 3.49. The molecule has 2 rings (SSSR count). The molecule has 132 valence electrons. The van der Waals surface area contributed by atoms with E-state index in [0.717, 1.165) is 11.3 Å². The van der Waals surface area contributed by atoms with E-state index in [1.807, 2.05) is 24.3 Å². The van der Waals surface area contributed by atoms with Crippen LogP contribution in [-0.2, 0) is 20.9 Å². The average molecular weight is 344 g/mol. The van der Waals surface area contributed by atoms with Crippen LogP contribution in [0.25, 0.3) is 0 Å². The number of benzene rings is 1. The van der Waals surface area contributed by atoms with Crippen LogP contribution < -0.4 is 10.1 Å². The SMILES string of the molecule is COC(=O)c1ccncc1NC(=O)[C@@H](C)OCc1cccc(OC)c1. The number of hydrogen-bond acceptors (Lipinski definition) is 6. The first-order valence-corrected chi connectivity index (χ1v) is 7.63. The Hall–Kier alpha value is -2.93. The standard InChI is InChI=1S/C18H20N2O5/c1-12(25-11-13-5-4-6-14(9-13)23-2)17(21)20-16-10-19-8-7-15(16)18(22)24-3/h4-10,12H,11H2,1-3H3,(H,20,21)/t12-/m1/s1. The Morgan fingerprint density at radius 2 is 2.04 bits per heavy atom. The highest BCUT2D eigenvalue weighted by Gasteiger charge is 2.18. The summed E-state index contributed by atoms with van der Waals surface area (Å²) < 4.78 is 15.4. The van der Waals surface area contributed by atoms with Crippen LogP contribution in [0.1, 0.15) is 22.8 Å². The Morgan fingerprint density at radius 3 is 2.76 bits per heavy atom. The predicted octanol–water partition coefficient (Wildman–Crippen LogP) is 2.42. The Kier molecular flexibility index (Phi) is 6.47. The van der Waals surface area contributed by atoms with Crippen molar-refractivity contribution in [3.63, 3.8) is 0 Å². The molecule has 1 amide bonds. The number of aromatic nitrogens is 1. The van der Waals surface area contributed by atoms with E-state index < -0.39 is 12.1 Å². The number of amides is 1. The van der Waals surface area contributed by atoms with E-state index in [-0.39, 0.29) is 23.8 Å². The number of hydrogen-bond donors (Lipinski definition) is 1. The van der Waals surface area contributed by atoms with Crippen LogP contribution in [0.2, 0.25) is 0 Å². The lowest BCUT2D eigenvalue weighted by molar-refractivity contribution is -0.127. The Bertz CT molecular complexity index is 748. The maximum absolute atomic E-state index is 12.3. The summed E-state index contributed by atoms with van der Waals surface area (Å²) in [6, 6.07) is 8.87. The van der Waals surface area contributed by atoms with E-state index in [4.69, 9.17) is 9.47 Å². The molecule has 2 aromatic rings. The second kappa shape index (κ2) is 8.79. The van der Waals surface area contributed by atoms with Gasteiger partial charge >= 0.3 is 5.97 Å². The zero-order chi connectivity index (χ0) is 18.2. The van der Waals surface area contributed by atoms with E-state index in [0.29, 0.717) is 0 Å². The fourth-order valence-corrected chi connectivity index (χ4v) is 2.08. The monoisotopic (exact) mass is 344 g/mol. The van der Waals surface area contributed by atoms with Crippen LogP contribution in [0.15, 0.2) is 42.7 Å². The highest BCUT2D eigenvalue weighted by atomic mass is 16.5. The van der Waals surface area contributed by atoms with Crippen molar-refractivity contribution in [2.75, 3.05) is 19.5 Å². The van der Waals surface area contributed by atoms with Crippen molar-refractivity contribution in [3.05, 3.63) is 53.9 Å². The number of pyridine rings is 1. The van der Waals surface area contributed by atoms with E-state index >= 15 is 0 Å². The van der Waals surface area contributed by atoms with Gasteiger partial charge in [-0.15, -0.1) is 0 Å². The summed E-state index contributed by atoms with van der Waals surface area (Å²) in [6.07, 6.45) is 2.11. The number of nitrogens with one attached hydrogen (secondary N) is 1. The molecule has 0 spiro atoms. The van der Waals surface area contributed by atoms with Gasteiger partial charge in [-0.25, -0.2) is 4.79 Å². The van der Waals surface area contributed by atoms with Gasteiger partial charge in [0.2, 0.25) is 0 Å². The molecule has 1 atom stereocenters. The molecular formula is C18H20N2O5. The smallest absolute Gasteiger partial charge is 0.340 e. The van der Waals surface area contributed by atoms with Gasteiger partial charge in [0.15, 0.2) is 0 Å². The second-order valence-electron chi connectivity index (χ2n) is 5.21. The molecule has 1 aromatic carbocycles. The number of ether oxygens (including phenoxy) is 3. The van der Waals surface area contributed by atoms with E-state index in [1.54, 1.807) is 14.0 Å². The van der Waals surface area contributed by atoms with Gasteiger partial charge in [-0.3, -0.25) is 9.78 Å². The van der Waals surface area contributed by atoms with Gasteiger partial charge in [0, 0.05) is 6.20 Å². The maximum Gasteiger partial charge on any atom is 0.340 e. The first kappa shape index (κ1) is 18.4. The summed E-state index contributed by atoms with van der Waals surface area (Å²) in [7, 11) is 2.86. The molecule has 0 aliphatic rings. The van der Waals surface area contributed by atoms with Gasteiger partial charge in [-0.2, -0.15) is 0 Å². The van der Waals surface area contributed by atoms with Crippen LogP contribution in [-0.4, -0.2) is 37.2 Å². The lowest BCUT2D eigenvalue weighted by Gasteiger charge is -2.15. The van der Waals surface area contributed by atoms with Gasteiger partial charge in [0.1, 0.15) is 11.9 Å². The molecule has 0 saturated carbocycles. The van der Waals surface area contributed by atoms with E-state index in [9.17, 15) is 9.59 Å². The molecule has 1 heterocycles. The topological polar surface area (TPSA) is 86.8 Å². The molecule has 0 fully saturated rings. The van der Waals surface area contributed by atoms with Gasteiger partial charge in [0.25, 0.3) is 5.91 Å². The third kappa shape index (κ3) is 5.02. The number of esters is 1. The van der Waals surface area contributed by atoms with Crippen molar-refractivity contribution in [2.24, 2.45) is 0 Å². The normalized spacial score (nSPS) is 11.5. The minimum absolute atomic E-state index is 0.228. The molecule has 7 nitrogen and oxygen atoms in total. The highest BCUT2D eigenvalue weighted by Crippen LogP contribution is 2.16. The zero-order valence-electron chi connectivity index (χ0n) is 14.3. The van der Waals surface area contributed by atoms with Gasteiger partial charge in [-0.1, -0.05) is 12.1 Å². The molecule has 0 unspecified atom stereocenters. The zero-order valence-corrected chi connectivity index (χ0v) is 14.3. The van der Waals surface area contributed by atoms with Crippen molar-refractivity contribution in [1.82, 2.24) is 4.98 Å². The van der Waals surface area contributed by atoms with Crippen LogP contribution in [0.5, 0.6) is 5.75 Å². The van der Waals surface area contributed by atoms with E-state index in [2.05, 4.69) is 15.0 Å². The third-order valence-corrected chi connectivity index (χ3v) is 3.49. The minimum Gasteiger partial charge on any atom is -0.497 e. The second-order valence-corrected chi connectivity index (χ2v) is 5.21. The molecule has 0 aliphatic carbocycles. The molecule has 0 saturated heterocycles. The summed E-state index contributed by atoms with van der Waals surface area (Å²) >= 11 is 0. The van der Waals surface area contributed by atoms with Gasteiger partial charge < -0.3 is 19.5 Å².